The minimum atomic E-state index is -0.484. The summed E-state index contributed by atoms with van der Waals surface area (Å²) < 4.78 is 0. The van der Waals surface area contributed by atoms with Gasteiger partial charge in [-0.2, -0.15) is 0 Å². The number of halogens is 1. The lowest BCUT2D eigenvalue weighted by molar-refractivity contribution is -0.0591. The third kappa shape index (κ3) is 4.49. The van der Waals surface area contributed by atoms with Crippen LogP contribution in [0.25, 0.3) is 0 Å². The summed E-state index contributed by atoms with van der Waals surface area (Å²) in [4.78, 5) is 24.9. The summed E-state index contributed by atoms with van der Waals surface area (Å²) in [7, 11) is 0. The van der Waals surface area contributed by atoms with Crippen molar-refractivity contribution in [3.63, 3.8) is 0 Å². The van der Waals surface area contributed by atoms with E-state index < -0.39 is 11.5 Å². The smallest absolute Gasteiger partial charge is 0.268 e. The zero-order chi connectivity index (χ0) is 13.1. The lowest BCUT2D eigenvalue weighted by Crippen LogP contribution is -2.34. The van der Waals surface area contributed by atoms with Gasteiger partial charge in [-0.05, 0) is 27.0 Å². The maximum Gasteiger partial charge on any atom is 0.295 e. The number of amides is 1. The summed E-state index contributed by atoms with van der Waals surface area (Å²) in [5, 5.41) is 0.674. The summed E-state index contributed by atoms with van der Waals surface area (Å²) in [6.45, 7) is 5.46. The molecule has 0 radical (unpaired) electrons. The predicted octanol–water partition coefficient (Wildman–Crippen LogP) is 2.31. The molecule has 0 atom stereocenters. The fourth-order valence-electron chi connectivity index (χ4n) is 0.856. The SMILES string of the molecule is CSc1ncc(Cl)c(C(=O)NOC(C)(C)C)n1. The molecule has 0 aliphatic carbocycles. The molecule has 0 bridgehead atoms. The first-order chi connectivity index (χ1) is 7.83. The molecule has 0 aromatic carbocycles. The van der Waals surface area contributed by atoms with E-state index in [1.165, 1.54) is 18.0 Å². The molecule has 7 heteroatoms. The predicted molar refractivity (Wildman–Crippen MR) is 67.1 cm³/mol. The third-order valence-corrected chi connectivity index (χ3v) is 2.41. The van der Waals surface area contributed by atoms with Crippen LogP contribution in [-0.4, -0.2) is 27.7 Å². The van der Waals surface area contributed by atoms with Gasteiger partial charge >= 0.3 is 0 Å². The Labute approximate surface area is 109 Å². The Balaban J connectivity index is 2.81. The Morgan fingerprint density at radius 1 is 1.53 bits per heavy atom. The third-order valence-electron chi connectivity index (χ3n) is 1.57. The molecule has 0 aliphatic rings. The maximum absolute atomic E-state index is 11.8. The molecule has 0 saturated carbocycles. The van der Waals surface area contributed by atoms with Crippen molar-refractivity contribution in [3.8, 4) is 0 Å². The summed E-state index contributed by atoms with van der Waals surface area (Å²) in [5.74, 6) is -0.484. The number of carbonyl (C=O) groups excluding carboxylic acids is 1. The van der Waals surface area contributed by atoms with E-state index in [9.17, 15) is 4.79 Å². The van der Waals surface area contributed by atoms with Crippen LogP contribution in [0.3, 0.4) is 0 Å². The first kappa shape index (κ1) is 14.2. The van der Waals surface area contributed by atoms with Gasteiger partial charge in [-0.15, -0.1) is 0 Å². The van der Waals surface area contributed by atoms with Crippen molar-refractivity contribution in [3.05, 3.63) is 16.9 Å². The second kappa shape index (κ2) is 5.66. The molecule has 17 heavy (non-hydrogen) atoms. The summed E-state index contributed by atoms with van der Waals surface area (Å²) in [6, 6.07) is 0. The minimum absolute atomic E-state index is 0.107. The first-order valence-corrected chi connectivity index (χ1v) is 6.48. The number of nitrogens with zero attached hydrogens (tertiary/aromatic N) is 2. The highest BCUT2D eigenvalue weighted by molar-refractivity contribution is 7.98. The topological polar surface area (TPSA) is 64.1 Å². The van der Waals surface area contributed by atoms with Gasteiger partial charge in [-0.25, -0.2) is 15.4 Å². The van der Waals surface area contributed by atoms with Gasteiger partial charge in [0.1, 0.15) is 0 Å². The van der Waals surface area contributed by atoms with Gasteiger partial charge in [0.25, 0.3) is 5.91 Å². The highest BCUT2D eigenvalue weighted by Crippen LogP contribution is 2.16. The summed E-state index contributed by atoms with van der Waals surface area (Å²) in [5.41, 5.74) is 1.94. The molecule has 1 rings (SSSR count). The molecule has 0 saturated heterocycles. The van der Waals surface area contributed by atoms with Crippen LogP contribution in [0.15, 0.2) is 11.4 Å². The van der Waals surface area contributed by atoms with E-state index in [1.807, 2.05) is 27.0 Å². The number of hydrogen-bond acceptors (Lipinski definition) is 5. The largest absolute Gasteiger partial charge is 0.295 e. The number of carbonyl (C=O) groups is 1. The van der Waals surface area contributed by atoms with Crippen LogP contribution in [0.2, 0.25) is 5.02 Å². The molecule has 0 spiro atoms. The van der Waals surface area contributed by atoms with Crippen LogP contribution in [0, 0.1) is 0 Å². The number of hydrogen-bond donors (Lipinski definition) is 1. The van der Waals surface area contributed by atoms with Gasteiger partial charge in [-0.3, -0.25) is 9.63 Å². The minimum Gasteiger partial charge on any atom is -0.268 e. The second-order valence-electron chi connectivity index (χ2n) is 4.20. The molecule has 0 aliphatic heterocycles. The highest BCUT2D eigenvalue weighted by atomic mass is 35.5. The zero-order valence-electron chi connectivity index (χ0n) is 10.1. The average molecular weight is 276 g/mol. The fourth-order valence-corrected chi connectivity index (χ4v) is 1.37. The Morgan fingerprint density at radius 3 is 2.71 bits per heavy atom. The van der Waals surface area contributed by atoms with Crippen molar-refractivity contribution in [1.29, 1.82) is 0 Å². The van der Waals surface area contributed by atoms with E-state index >= 15 is 0 Å². The number of nitrogens with one attached hydrogen (secondary N) is 1. The number of rotatable bonds is 3. The molecule has 0 fully saturated rings. The quantitative estimate of drug-likeness (QED) is 0.521. The molecule has 5 nitrogen and oxygen atoms in total. The maximum atomic E-state index is 11.8. The summed E-state index contributed by atoms with van der Waals surface area (Å²) >= 11 is 7.18. The molecule has 1 amide bonds. The Bertz CT molecular complexity index is 421. The van der Waals surface area contributed by atoms with Crippen LogP contribution >= 0.6 is 23.4 Å². The van der Waals surface area contributed by atoms with E-state index in [1.54, 1.807) is 0 Å². The van der Waals surface area contributed by atoms with E-state index in [0.29, 0.717) is 5.16 Å². The molecule has 1 aromatic heterocycles. The lowest BCUT2D eigenvalue weighted by Gasteiger charge is -2.18. The standard InChI is InChI=1S/C10H14ClN3O2S/c1-10(2,3)16-14-8(15)7-6(11)5-12-9(13-7)17-4/h5H,1-4H3,(H,14,15). The number of hydroxylamine groups is 1. The Kier molecular flexibility index (Phi) is 4.73. The summed E-state index contributed by atoms with van der Waals surface area (Å²) in [6.07, 6.45) is 3.21. The lowest BCUT2D eigenvalue weighted by atomic mass is 10.2. The molecular formula is C10H14ClN3O2S. The molecular weight excluding hydrogens is 262 g/mol. The van der Waals surface area contributed by atoms with E-state index in [0.717, 1.165) is 0 Å². The van der Waals surface area contributed by atoms with Gasteiger partial charge < -0.3 is 0 Å². The van der Waals surface area contributed by atoms with Crippen LogP contribution in [0.1, 0.15) is 31.3 Å². The van der Waals surface area contributed by atoms with Gasteiger partial charge in [0.15, 0.2) is 10.9 Å². The van der Waals surface area contributed by atoms with E-state index in [-0.39, 0.29) is 10.7 Å². The van der Waals surface area contributed by atoms with Gasteiger partial charge in [-0.1, -0.05) is 23.4 Å². The van der Waals surface area contributed by atoms with Gasteiger partial charge in [0, 0.05) is 0 Å². The first-order valence-electron chi connectivity index (χ1n) is 4.88. The Hall–Kier alpha value is -0.850. The highest BCUT2D eigenvalue weighted by Gasteiger charge is 2.17. The van der Waals surface area contributed by atoms with Crippen LogP contribution < -0.4 is 5.48 Å². The van der Waals surface area contributed by atoms with Crippen molar-refractivity contribution >= 4 is 29.3 Å². The molecule has 1 heterocycles. The van der Waals surface area contributed by atoms with Crippen LogP contribution in [-0.2, 0) is 4.84 Å². The zero-order valence-corrected chi connectivity index (χ0v) is 11.6. The molecule has 1 aromatic rings. The fraction of sp³-hybridized carbons (Fsp3) is 0.500. The van der Waals surface area contributed by atoms with Gasteiger partial charge in [0.05, 0.1) is 16.8 Å². The van der Waals surface area contributed by atoms with Crippen molar-refractivity contribution in [2.75, 3.05) is 6.26 Å². The normalized spacial score (nSPS) is 11.4. The van der Waals surface area contributed by atoms with Crippen molar-refractivity contribution in [2.45, 2.75) is 31.5 Å². The van der Waals surface area contributed by atoms with Crippen LogP contribution in [0.4, 0.5) is 0 Å². The molecule has 0 unspecified atom stereocenters. The number of thioether (sulfide) groups is 1. The average Bonchev–Trinajstić information content (AvgIpc) is 2.25. The Morgan fingerprint density at radius 2 is 2.18 bits per heavy atom. The molecule has 94 valence electrons. The molecule has 1 N–H and O–H groups in total. The number of aromatic nitrogens is 2. The van der Waals surface area contributed by atoms with Gasteiger partial charge in [0.2, 0.25) is 0 Å². The van der Waals surface area contributed by atoms with Crippen molar-refractivity contribution in [1.82, 2.24) is 15.4 Å². The van der Waals surface area contributed by atoms with E-state index in [2.05, 4.69) is 15.4 Å². The van der Waals surface area contributed by atoms with E-state index in [4.69, 9.17) is 16.4 Å². The van der Waals surface area contributed by atoms with Crippen molar-refractivity contribution in [2.24, 2.45) is 0 Å². The van der Waals surface area contributed by atoms with Crippen LogP contribution in [0.5, 0.6) is 0 Å². The van der Waals surface area contributed by atoms with Crippen molar-refractivity contribution < 1.29 is 9.63 Å². The second-order valence-corrected chi connectivity index (χ2v) is 5.38. The monoisotopic (exact) mass is 275 g/mol.